The van der Waals surface area contributed by atoms with Gasteiger partial charge in [0.05, 0.1) is 4.92 Å². The highest BCUT2D eigenvalue weighted by Crippen LogP contribution is 2.45. The maximum absolute atomic E-state index is 11.0. The summed E-state index contributed by atoms with van der Waals surface area (Å²) in [4.78, 5) is 18.3. The molecule has 0 aromatic carbocycles. The monoisotopic (exact) mass is 264 g/mol. The number of nitrogens with two attached hydrogens (primary N) is 1. The second kappa shape index (κ2) is 4.61. The molecule has 1 aromatic heterocycles. The standard InChI is InChI=1S/C11H16N6O2/c12-16-11-13-5-9(17(18)19)10(15-11)14-8-4-6-1-2-7(8)3-6/h5-8H,1-4,12H2,(H2,13,14,15,16). The van der Waals surface area contributed by atoms with Crippen LogP contribution in [0.15, 0.2) is 6.20 Å². The highest BCUT2D eigenvalue weighted by atomic mass is 16.6. The van der Waals surface area contributed by atoms with Crippen LogP contribution in [0.5, 0.6) is 0 Å². The first kappa shape index (κ1) is 12.1. The van der Waals surface area contributed by atoms with Crippen LogP contribution in [0.1, 0.15) is 25.7 Å². The maximum Gasteiger partial charge on any atom is 0.329 e. The molecule has 0 amide bonds. The molecule has 1 aromatic rings. The molecule has 2 aliphatic rings. The zero-order valence-corrected chi connectivity index (χ0v) is 10.4. The molecule has 0 spiro atoms. The number of fused-ring (bicyclic) bond motifs is 2. The SMILES string of the molecule is NNc1ncc([N+](=O)[O-])c(NC2CC3CCC2C3)n1. The number of aromatic nitrogens is 2. The molecular weight excluding hydrogens is 248 g/mol. The van der Waals surface area contributed by atoms with Gasteiger partial charge in [0.25, 0.3) is 0 Å². The lowest BCUT2D eigenvalue weighted by Crippen LogP contribution is -2.27. The Morgan fingerprint density at radius 2 is 2.26 bits per heavy atom. The molecule has 4 N–H and O–H groups in total. The molecule has 2 fully saturated rings. The van der Waals surface area contributed by atoms with Gasteiger partial charge in [-0.05, 0) is 31.1 Å². The van der Waals surface area contributed by atoms with Crippen molar-refractivity contribution in [1.82, 2.24) is 9.97 Å². The predicted molar refractivity (Wildman–Crippen MR) is 69.4 cm³/mol. The first-order valence-corrected chi connectivity index (χ1v) is 6.42. The van der Waals surface area contributed by atoms with Gasteiger partial charge >= 0.3 is 5.69 Å². The summed E-state index contributed by atoms with van der Waals surface area (Å²) in [6, 6.07) is 0.276. The topological polar surface area (TPSA) is 119 Å². The fraction of sp³-hybridized carbons (Fsp3) is 0.636. The number of nitrogen functional groups attached to an aromatic ring is 1. The Hall–Kier alpha value is -1.96. The Morgan fingerprint density at radius 3 is 2.84 bits per heavy atom. The average Bonchev–Trinajstić information content (AvgIpc) is 3.00. The number of nitrogens with zero attached hydrogens (tertiary/aromatic N) is 3. The molecule has 2 aliphatic carbocycles. The highest BCUT2D eigenvalue weighted by Gasteiger charge is 2.40. The van der Waals surface area contributed by atoms with E-state index in [2.05, 4.69) is 20.7 Å². The second-order valence-corrected chi connectivity index (χ2v) is 5.25. The number of anilines is 2. The zero-order chi connectivity index (χ0) is 13.4. The Kier molecular flexibility index (Phi) is 2.94. The van der Waals surface area contributed by atoms with Gasteiger partial charge < -0.3 is 5.32 Å². The minimum absolute atomic E-state index is 0.109. The lowest BCUT2D eigenvalue weighted by molar-refractivity contribution is -0.384. The van der Waals surface area contributed by atoms with Gasteiger partial charge in [-0.15, -0.1) is 0 Å². The lowest BCUT2D eigenvalue weighted by atomic mass is 9.95. The molecule has 3 unspecified atom stereocenters. The third-order valence-electron chi connectivity index (χ3n) is 4.16. The summed E-state index contributed by atoms with van der Waals surface area (Å²) in [5, 5.41) is 14.2. The van der Waals surface area contributed by atoms with Crippen molar-refractivity contribution in [2.45, 2.75) is 31.7 Å². The van der Waals surface area contributed by atoms with Crippen LogP contribution >= 0.6 is 0 Å². The van der Waals surface area contributed by atoms with Crippen LogP contribution in [0.3, 0.4) is 0 Å². The Balaban J connectivity index is 1.84. The van der Waals surface area contributed by atoms with Gasteiger partial charge in [-0.3, -0.25) is 15.5 Å². The van der Waals surface area contributed by atoms with E-state index in [1.54, 1.807) is 0 Å². The van der Waals surface area contributed by atoms with Crippen molar-refractivity contribution in [3.8, 4) is 0 Å². The van der Waals surface area contributed by atoms with Crippen molar-refractivity contribution in [3.05, 3.63) is 16.3 Å². The number of hydrazine groups is 1. The molecule has 3 rings (SSSR count). The molecule has 1 heterocycles. The number of rotatable bonds is 4. The van der Waals surface area contributed by atoms with Gasteiger partial charge in [-0.25, -0.2) is 10.8 Å². The van der Waals surface area contributed by atoms with Crippen LogP contribution in [0.25, 0.3) is 0 Å². The molecule has 19 heavy (non-hydrogen) atoms. The minimum atomic E-state index is -0.476. The largest absolute Gasteiger partial charge is 0.361 e. The van der Waals surface area contributed by atoms with Crippen LogP contribution in [0, 0.1) is 22.0 Å². The van der Waals surface area contributed by atoms with Gasteiger partial charge in [0, 0.05) is 6.04 Å². The summed E-state index contributed by atoms with van der Waals surface area (Å²) >= 11 is 0. The van der Waals surface area contributed by atoms with Crippen molar-refractivity contribution in [2.24, 2.45) is 17.7 Å². The summed E-state index contributed by atoms with van der Waals surface area (Å²) in [5.41, 5.74) is 2.20. The van der Waals surface area contributed by atoms with E-state index in [-0.39, 0.29) is 23.5 Å². The number of hydrogen-bond donors (Lipinski definition) is 3. The van der Waals surface area contributed by atoms with Gasteiger partial charge in [-0.1, -0.05) is 6.42 Å². The van der Waals surface area contributed by atoms with E-state index in [0.29, 0.717) is 5.92 Å². The Bertz CT molecular complexity index is 508. The lowest BCUT2D eigenvalue weighted by Gasteiger charge is -2.23. The summed E-state index contributed by atoms with van der Waals surface area (Å²) in [5.74, 6) is 7.04. The van der Waals surface area contributed by atoms with Crippen LogP contribution in [-0.4, -0.2) is 20.9 Å². The first-order chi connectivity index (χ1) is 9.17. The smallest absolute Gasteiger partial charge is 0.329 e. The minimum Gasteiger partial charge on any atom is -0.361 e. The summed E-state index contributed by atoms with van der Waals surface area (Å²) in [6.45, 7) is 0. The van der Waals surface area contributed by atoms with E-state index in [9.17, 15) is 10.1 Å². The normalized spacial score (nSPS) is 28.4. The summed E-state index contributed by atoms with van der Waals surface area (Å²) < 4.78 is 0. The third kappa shape index (κ3) is 2.19. The van der Waals surface area contributed by atoms with Crippen molar-refractivity contribution < 1.29 is 4.92 Å². The van der Waals surface area contributed by atoms with E-state index < -0.39 is 4.92 Å². The number of nitrogens with one attached hydrogen (secondary N) is 2. The van der Waals surface area contributed by atoms with E-state index in [4.69, 9.17) is 5.84 Å². The van der Waals surface area contributed by atoms with Gasteiger partial charge in [0.15, 0.2) is 0 Å². The third-order valence-corrected chi connectivity index (χ3v) is 4.16. The molecule has 2 saturated carbocycles. The van der Waals surface area contributed by atoms with E-state index >= 15 is 0 Å². The Labute approximate surface area is 109 Å². The van der Waals surface area contributed by atoms with E-state index in [0.717, 1.165) is 12.3 Å². The van der Waals surface area contributed by atoms with Crippen molar-refractivity contribution >= 4 is 17.5 Å². The first-order valence-electron chi connectivity index (χ1n) is 6.42. The van der Waals surface area contributed by atoms with Crippen LogP contribution in [0.2, 0.25) is 0 Å². The van der Waals surface area contributed by atoms with Crippen molar-refractivity contribution in [1.29, 1.82) is 0 Å². The second-order valence-electron chi connectivity index (χ2n) is 5.25. The van der Waals surface area contributed by atoms with Gasteiger partial charge in [0.1, 0.15) is 6.20 Å². The molecule has 0 aliphatic heterocycles. The van der Waals surface area contributed by atoms with E-state index in [1.165, 1.54) is 25.5 Å². The molecule has 8 heteroatoms. The molecule has 8 nitrogen and oxygen atoms in total. The van der Waals surface area contributed by atoms with E-state index in [1.807, 2.05) is 0 Å². The molecule has 0 saturated heterocycles. The molecule has 3 atom stereocenters. The summed E-state index contributed by atoms with van der Waals surface area (Å²) in [6.07, 6.45) is 5.95. The van der Waals surface area contributed by atoms with Crippen molar-refractivity contribution in [2.75, 3.05) is 10.7 Å². The predicted octanol–water partition coefficient (Wildman–Crippen LogP) is 1.27. The maximum atomic E-state index is 11.0. The number of nitro groups is 1. The van der Waals surface area contributed by atoms with Gasteiger partial charge in [0.2, 0.25) is 11.8 Å². The van der Waals surface area contributed by atoms with Crippen molar-refractivity contribution in [3.63, 3.8) is 0 Å². The summed E-state index contributed by atoms with van der Waals surface area (Å²) in [7, 11) is 0. The van der Waals surface area contributed by atoms with Gasteiger partial charge in [-0.2, -0.15) is 4.98 Å². The van der Waals surface area contributed by atoms with Crippen LogP contribution in [-0.2, 0) is 0 Å². The quantitative estimate of drug-likeness (QED) is 0.425. The molecule has 2 bridgehead atoms. The average molecular weight is 264 g/mol. The fourth-order valence-corrected chi connectivity index (χ4v) is 3.28. The fourth-order valence-electron chi connectivity index (χ4n) is 3.28. The zero-order valence-electron chi connectivity index (χ0n) is 10.4. The van der Waals surface area contributed by atoms with Crippen LogP contribution in [0.4, 0.5) is 17.5 Å². The number of hydrogen-bond acceptors (Lipinski definition) is 7. The molecular formula is C11H16N6O2. The van der Waals surface area contributed by atoms with Crippen LogP contribution < -0.4 is 16.6 Å². The Morgan fingerprint density at radius 1 is 1.42 bits per heavy atom. The molecule has 102 valence electrons. The molecule has 0 radical (unpaired) electrons. The highest BCUT2D eigenvalue weighted by molar-refractivity contribution is 5.57.